The second kappa shape index (κ2) is 8.87. The molecule has 5 nitrogen and oxygen atoms in total. The van der Waals surface area contributed by atoms with Crippen molar-refractivity contribution in [3.63, 3.8) is 0 Å². The highest BCUT2D eigenvalue weighted by Crippen LogP contribution is 2.18. The molecule has 1 aliphatic rings. The summed E-state index contributed by atoms with van der Waals surface area (Å²) in [7, 11) is 1.62. The molecular weight excluding hydrogens is 268 g/mol. The van der Waals surface area contributed by atoms with Crippen LogP contribution in [0.25, 0.3) is 0 Å². The zero-order valence-electron chi connectivity index (χ0n) is 12.8. The fraction of sp³-hybridized carbons (Fsp3) is 0.625. The van der Waals surface area contributed by atoms with Crippen molar-refractivity contribution in [2.24, 2.45) is 0 Å². The second-order valence-electron chi connectivity index (χ2n) is 5.40. The Balaban J connectivity index is 1.57. The molecule has 1 aromatic rings. The van der Waals surface area contributed by atoms with Gasteiger partial charge in [0, 0.05) is 25.7 Å². The van der Waals surface area contributed by atoms with Crippen molar-refractivity contribution < 1.29 is 14.6 Å². The van der Waals surface area contributed by atoms with E-state index in [1.54, 1.807) is 7.11 Å². The summed E-state index contributed by atoms with van der Waals surface area (Å²) >= 11 is 0. The van der Waals surface area contributed by atoms with E-state index in [1.807, 2.05) is 24.3 Å². The first kappa shape index (κ1) is 16.1. The summed E-state index contributed by atoms with van der Waals surface area (Å²) in [4.78, 5) is 2.45. The number of nitrogens with zero attached hydrogens (tertiary/aromatic N) is 1. The maximum Gasteiger partial charge on any atom is 0.123 e. The van der Waals surface area contributed by atoms with Gasteiger partial charge in [-0.3, -0.25) is 0 Å². The molecule has 1 heterocycles. The molecule has 1 saturated heterocycles. The number of nitrogens with one attached hydrogen (secondary N) is 1. The highest BCUT2D eigenvalue weighted by atomic mass is 16.5. The maximum absolute atomic E-state index is 9.90. The Hall–Kier alpha value is -1.30. The summed E-state index contributed by atoms with van der Waals surface area (Å²) in [6, 6.07) is 7.40. The van der Waals surface area contributed by atoms with Crippen LogP contribution < -0.4 is 14.8 Å². The molecular formula is C16H26N2O3. The number of aliphatic hydroxyl groups is 1. The molecule has 2 rings (SSSR count). The first-order valence-electron chi connectivity index (χ1n) is 7.66. The van der Waals surface area contributed by atoms with Gasteiger partial charge < -0.3 is 24.8 Å². The number of likely N-dealkylation sites (tertiary alicyclic amines) is 1. The van der Waals surface area contributed by atoms with Crippen LogP contribution in [0.15, 0.2) is 24.3 Å². The Bertz CT molecular complexity index is 408. The Labute approximate surface area is 126 Å². The molecule has 0 spiro atoms. The summed E-state index contributed by atoms with van der Waals surface area (Å²) < 4.78 is 10.7. The number of rotatable bonds is 9. The quantitative estimate of drug-likeness (QED) is 0.669. The minimum atomic E-state index is -0.505. The number of hydrogen-bond acceptors (Lipinski definition) is 5. The van der Waals surface area contributed by atoms with E-state index in [0.717, 1.165) is 18.8 Å². The third-order valence-electron chi connectivity index (χ3n) is 3.67. The minimum Gasteiger partial charge on any atom is -0.497 e. The Morgan fingerprint density at radius 2 is 2.05 bits per heavy atom. The van der Waals surface area contributed by atoms with Gasteiger partial charge in [-0.05, 0) is 38.1 Å². The lowest BCUT2D eigenvalue weighted by Gasteiger charge is -2.17. The lowest BCUT2D eigenvalue weighted by molar-refractivity contribution is 0.106. The van der Waals surface area contributed by atoms with Crippen LogP contribution >= 0.6 is 0 Å². The summed E-state index contributed by atoms with van der Waals surface area (Å²) in [6.45, 7) is 5.23. The molecule has 0 radical (unpaired) electrons. The molecule has 0 bridgehead atoms. The molecule has 0 aliphatic carbocycles. The van der Waals surface area contributed by atoms with Gasteiger partial charge in [-0.15, -0.1) is 0 Å². The number of ether oxygens (including phenoxy) is 2. The summed E-state index contributed by atoms with van der Waals surface area (Å²) in [5.74, 6) is 1.47. The average Bonchev–Trinajstić information content (AvgIpc) is 3.03. The van der Waals surface area contributed by atoms with Crippen LogP contribution in [0.1, 0.15) is 12.8 Å². The molecule has 21 heavy (non-hydrogen) atoms. The van der Waals surface area contributed by atoms with Crippen LogP contribution in [0.5, 0.6) is 11.5 Å². The lowest BCUT2D eigenvalue weighted by atomic mass is 10.3. The minimum absolute atomic E-state index is 0.282. The van der Waals surface area contributed by atoms with E-state index in [2.05, 4.69) is 10.2 Å². The maximum atomic E-state index is 9.90. The molecule has 1 fully saturated rings. The smallest absolute Gasteiger partial charge is 0.123 e. The predicted octanol–water partition coefficient (Wildman–Crippen LogP) is 1.12. The van der Waals surface area contributed by atoms with Crippen molar-refractivity contribution >= 4 is 0 Å². The number of methoxy groups -OCH3 is 1. The Kier molecular flexibility index (Phi) is 6.79. The monoisotopic (exact) mass is 294 g/mol. The van der Waals surface area contributed by atoms with Crippen LogP contribution in [-0.4, -0.2) is 62.6 Å². The van der Waals surface area contributed by atoms with Crippen LogP contribution in [0, 0.1) is 0 Å². The van der Waals surface area contributed by atoms with Crippen molar-refractivity contribution in [2.45, 2.75) is 18.9 Å². The first-order valence-corrected chi connectivity index (χ1v) is 7.66. The van der Waals surface area contributed by atoms with Crippen molar-refractivity contribution in [2.75, 3.05) is 46.4 Å². The van der Waals surface area contributed by atoms with Gasteiger partial charge in [-0.2, -0.15) is 0 Å². The van der Waals surface area contributed by atoms with Gasteiger partial charge in [-0.25, -0.2) is 0 Å². The average molecular weight is 294 g/mol. The molecule has 1 atom stereocenters. The fourth-order valence-electron chi connectivity index (χ4n) is 2.45. The van der Waals surface area contributed by atoms with E-state index < -0.39 is 6.10 Å². The summed E-state index contributed by atoms with van der Waals surface area (Å²) in [5, 5.41) is 13.2. The van der Waals surface area contributed by atoms with E-state index in [4.69, 9.17) is 9.47 Å². The summed E-state index contributed by atoms with van der Waals surface area (Å²) in [6.07, 6.45) is 2.13. The van der Waals surface area contributed by atoms with Crippen molar-refractivity contribution in [3.05, 3.63) is 24.3 Å². The van der Waals surface area contributed by atoms with Crippen LogP contribution in [0.3, 0.4) is 0 Å². The van der Waals surface area contributed by atoms with Crippen LogP contribution in [-0.2, 0) is 0 Å². The van der Waals surface area contributed by atoms with E-state index in [9.17, 15) is 5.11 Å². The van der Waals surface area contributed by atoms with E-state index >= 15 is 0 Å². The zero-order chi connectivity index (χ0) is 14.9. The van der Waals surface area contributed by atoms with E-state index in [1.165, 1.54) is 25.9 Å². The van der Waals surface area contributed by atoms with E-state index in [0.29, 0.717) is 12.3 Å². The van der Waals surface area contributed by atoms with Gasteiger partial charge in [0.25, 0.3) is 0 Å². The molecule has 2 N–H and O–H groups in total. The molecule has 0 aromatic heterocycles. The zero-order valence-corrected chi connectivity index (χ0v) is 12.8. The molecule has 1 aromatic carbocycles. The van der Waals surface area contributed by atoms with Crippen molar-refractivity contribution in [1.29, 1.82) is 0 Å². The molecule has 0 amide bonds. The van der Waals surface area contributed by atoms with Gasteiger partial charge >= 0.3 is 0 Å². The first-order chi connectivity index (χ1) is 10.3. The van der Waals surface area contributed by atoms with Gasteiger partial charge in [0.1, 0.15) is 24.2 Å². The van der Waals surface area contributed by atoms with Gasteiger partial charge in [0.15, 0.2) is 0 Å². The largest absolute Gasteiger partial charge is 0.497 e. The third kappa shape index (κ3) is 5.91. The highest BCUT2D eigenvalue weighted by molar-refractivity contribution is 5.32. The standard InChI is InChI=1S/C16H26N2O3/c1-20-15-5-4-6-16(11-15)21-13-14(19)12-17-7-10-18-8-2-3-9-18/h4-6,11,14,17,19H,2-3,7-10,12-13H2,1H3. The van der Waals surface area contributed by atoms with Crippen molar-refractivity contribution in [1.82, 2.24) is 10.2 Å². The van der Waals surface area contributed by atoms with Gasteiger partial charge in [0.2, 0.25) is 0 Å². The number of aliphatic hydroxyl groups excluding tert-OH is 1. The van der Waals surface area contributed by atoms with Gasteiger partial charge in [-0.1, -0.05) is 6.07 Å². The normalized spacial score (nSPS) is 16.9. The Morgan fingerprint density at radius 3 is 2.81 bits per heavy atom. The topological polar surface area (TPSA) is 54.0 Å². The Morgan fingerprint density at radius 1 is 1.29 bits per heavy atom. The molecule has 118 valence electrons. The molecule has 1 unspecified atom stereocenters. The predicted molar refractivity (Wildman–Crippen MR) is 83.0 cm³/mol. The lowest BCUT2D eigenvalue weighted by Crippen LogP contribution is -2.36. The highest BCUT2D eigenvalue weighted by Gasteiger charge is 2.11. The van der Waals surface area contributed by atoms with Crippen molar-refractivity contribution in [3.8, 4) is 11.5 Å². The SMILES string of the molecule is COc1cccc(OCC(O)CNCCN2CCCC2)c1. The molecule has 0 saturated carbocycles. The van der Waals surface area contributed by atoms with Crippen LogP contribution in [0.2, 0.25) is 0 Å². The number of benzene rings is 1. The fourth-order valence-corrected chi connectivity index (χ4v) is 2.45. The summed E-state index contributed by atoms with van der Waals surface area (Å²) in [5.41, 5.74) is 0. The third-order valence-corrected chi connectivity index (χ3v) is 3.67. The molecule has 1 aliphatic heterocycles. The van der Waals surface area contributed by atoms with Gasteiger partial charge in [0.05, 0.1) is 7.11 Å². The number of hydrogen-bond donors (Lipinski definition) is 2. The second-order valence-corrected chi connectivity index (χ2v) is 5.40. The molecule has 5 heteroatoms. The van der Waals surface area contributed by atoms with E-state index in [-0.39, 0.29) is 6.61 Å². The van der Waals surface area contributed by atoms with Crippen LogP contribution in [0.4, 0.5) is 0 Å².